The number of aryl methyl sites for hydroxylation is 1. The minimum absolute atomic E-state index is 0.0533. The first-order valence-corrected chi connectivity index (χ1v) is 7.63. The summed E-state index contributed by atoms with van der Waals surface area (Å²) in [7, 11) is 0. The van der Waals surface area contributed by atoms with Crippen molar-refractivity contribution in [1.29, 1.82) is 0 Å². The molecule has 2 nitrogen and oxygen atoms in total. The van der Waals surface area contributed by atoms with E-state index in [0.717, 1.165) is 12.2 Å². The van der Waals surface area contributed by atoms with E-state index in [1.807, 2.05) is 6.92 Å². The van der Waals surface area contributed by atoms with Gasteiger partial charge in [-0.3, -0.25) is 0 Å². The molecule has 0 amide bonds. The molecule has 0 fully saturated rings. The van der Waals surface area contributed by atoms with Crippen LogP contribution in [0, 0.1) is 12.8 Å². The first kappa shape index (κ1) is 17.0. The molecule has 1 aromatic carbocycles. The lowest BCUT2D eigenvalue weighted by Gasteiger charge is -2.26. The molecule has 0 radical (unpaired) electrons. The highest BCUT2D eigenvalue weighted by molar-refractivity contribution is 7.80. The van der Waals surface area contributed by atoms with E-state index in [2.05, 4.69) is 46.8 Å². The molecule has 0 heterocycles. The summed E-state index contributed by atoms with van der Waals surface area (Å²) in [6.07, 6.45) is 0.829. The zero-order valence-corrected chi connectivity index (χ0v) is 14.4. The van der Waals surface area contributed by atoms with Crippen LogP contribution in [0.2, 0.25) is 0 Å². The highest BCUT2D eigenvalue weighted by Crippen LogP contribution is 2.36. The van der Waals surface area contributed by atoms with Crippen LogP contribution in [0.15, 0.2) is 12.1 Å². The first-order valence-electron chi connectivity index (χ1n) is 7.23. The van der Waals surface area contributed by atoms with Gasteiger partial charge in [0, 0.05) is 11.5 Å². The van der Waals surface area contributed by atoms with Crippen LogP contribution in [0.4, 0.5) is 0 Å². The summed E-state index contributed by atoms with van der Waals surface area (Å²) in [6.45, 7) is 13.5. The average molecular weight is 293 g/mol. The van der Waals surface area contributed by atoms with Crippen LogP contribution in [-0.4, -0.2) is 11.6 Å². The minimum Gasteiger partial charge on any atom is -0.493 e. The van der Waals surface area contributed by atoms with Gasteiger partial charge in [-0.15, -0.1) is 0 Å². The lowest BCUT2D eigenvalue weighted by atomic mass is 9.83. The molecule has 0 aromatic heterocycles. The summed E-state index contributed by atoms with van der Waals surface area (Å²) in [5.41, 5.74) is 9.53. The van der Waals surface area contributed by atoms with Crippen LogP contribution < -0.4 is 10.5 Å². The molecule has 1 rings (SSSR count). The molecule has 3 heteroatoms. The number of hydrogen-bond donors (Lipinski definition) is 1. The van der Waals surface area contributed by atoms with Crippen LogP contribution >= 0.6 is 12.2 Å². The van der Waals surface area contributed by atoms with Crippen molar-refractivity contribution in [3.63, 3.8) is 0 Å². The monoisotopic (exact) mass is 293 g/mol. The maximum Gasteiger partial charge on any atom is 0.126 e. The van der Waals surface area contributed by atoms with Gasteiger partial charge in [0.15, 0.2) is 0 Å². The van der Waals surface area contributed by atoms with Gasteiger partial charge in [-0.25, -0.2) is 0 Å². The second kappa shape index (κ2) is 6.57. The van der Waals surface area contributed by atoms with Gasteiger partial charge in [-0.2, -0.15) is 0 Å². The molecule has 0 saturated heterocycles. The second-order valence-electron chi connectivity index (χ2n) is 6.49. The Labute approximate surface area is 128 Å². The first-order chi connectivity index (χ1) is 9.16. The van der Waals surface area contributed by atoms with Crippen LogP contribution in [0.3, 0.4) is 0 Å². The van der Waals surface area contributed by atoms with Crippen molar-refractivity contribution < 1.29 is 4.74 Å². The number of nitrogens with two attached hydrogens (primary N) is 1. The highest BCUT2D eigenvalue weighted by Gasteiger charge is 2.23. The van der Waals surface area contributed by atoms with Crippen molar-refractivity contribution in [3.8, 4) is 5.75 Å². The SMILES string of the molecule is CCOc1c(CC(C)C(N)=S)cc(C)cc1C(C)(C)C. The fraction of sp³-hybridized carbons (Fsp3) is 0.588. The van der Waals surface area contributed by atoms with Gasteiger partial charge in [-0.05, 0) is 31.2 Å². The van der Waals surface area contributed by atoms with Crippen molar-refractivity contribution in [3.05, 3.63) is 28.8 Å². The predicted octanol–water partition coefficient (Wildman–Crippen LogP) is 4.16. The number of rotatable bonds is 5. The Hall–Kier alpha value is -1.09. The average Bonchev–Trinajstić information content (AvgIpc) is 2.30. The Kier molecular flexibility index (Phi) is 5.58. The number of benzene rings is 1. The smallest absolute Gasteiger partial charge is 0.126 e. The Balaban J connectivity index is 3.34. The summed E-state index contributed by atoms with van der Waals surface area (Å²) < 4.78 is 5.95. The van der Waals surface area contributed by atoms with Gasteiger partial charge < -0.3 is 10.5 Å². The molecule has 0 aliphatic carbocycles. The Bertz CT molecular complexity index is 488. The third-order valence-corrected chi connectivity index (χ3v) is 3.82. The molecule has 1 atom stereocenters. The van der Waals surface area contributed by atoms with Crippen molar-refractivity contribution >= 4 is 17.2 Å². The standard InChI is InChI=1S/C17H27NOS/c1-7-19-15-13(10-12(3)16(18)20)8-11(2)9-14(15)17(4,5)6/h8-9,12H,7,10H2,1-6H3,(H2,18,20). The Morgan fingerprint density at radius 1 is 1.35 bits per heavy atom. The summed E-state index contributed by atoms with van der Waals surface area (Å²) in [4.78, 5) is 0.561. The van der Waals surface area contributed by atoms with E-state index in [1.54, 1.807) is 0 Å². The van der Waals surface area contributed by atoms with Crippen molar-refractivity contribution in [2.24, 2.45) is 11.7 Å². The van der Waals surface area contributed by atoms with Crippen molar-refractivity contribution in [1.82, 2.24) is 0 Å². The second-order valence-corrected chi connectivity index (χ2v) is 6.96. The Morgan fingerprint density at radius 2 is 1.95 bits per heavy atom. The van der Waals surface area contributed by atoms with E-state index in [0.29, 0.717) is 11.6 Å². The largest absolute Gasteiger partial charge is 0.493 e. The molecule has 0 aliphatic heterocycles. The van der Waals surface area contributed by atoms with Gasteiger partial charge in [0.1, 0.15) is 5.75 Å². The molecular formula is C17H27NOS. The van der Waals surface area contributed by atoms with E-state index in [4.69, 9.17) is 22.7 Å². The maximum absolute atomic E-state index is 5.95. The zero-order valence-electron chi connectivity index (χ0n) is 13.5. The molecule has 1 aromatic rings. The van der Waals surface area contributed by atoms with E-state index in [1.165, 1.54) is 16.7 Å². The number of hydrogen-bond acceptors (Lipinski definition) is 2. The van der Waals surface area contributed by atoms with Crippen LogP contribution in [-0.2, 0) is 11.8 Å². The van der Waals surface area contributed by atoms with Gasteiger partial charge in [0.25, 0.3) is 0 Å². The molecule has 0 spiro atoms. The van der Waals surface area contributed by atoms with Gasteiger partial charge in [0.05, 0.1) is 11.6 Å². The summed E-state index contributed by atoms with van der Waals surface area (Å²) in [5, 5.41) is 0. The molecule has 2 N–H and O–H groups in total. The lowest BCUT2D eigenvalue weighted by Crippen LogP contribution is -2.21. The Morgan fingerprint density at radius 3 is 2.40 bits per heavy atom. The topological polar surface area (TPSA) is 35.2 Å². The van der Waals surface area contributed by atoms with Crippen molar-refractivity contribution in [2.75, 3.05) is 6.61 Å². The fourth-order valence-corrected chi connectivity index (χ4v) is 2.39. The molecule has 0 bridgehead atoms. The fourth-order valence-electron chi connectivity index (χ4n) is 2.30. The van der Waals surface area contributed by atoms with Crippen molar-refractivity contribution in [2.45, 2.75) is 53.4 Å². The van der Waals surface area contributed by atoms with Crippen LogP contribution in [0.5, 0.6) is 5.75 Å². The van der Waals surface area contributed by atoms with Crippen LogP contribution in [0.1, 0.15) is 51.3 Å². The molecule has 0 saturated carbocycles. The molecular weight excluding hydrogens is 266 g/mol. The van der Waals surface area contributed by atoms with Crippen LogP contribution in [0.25, 0.3) is 0 Å². The normalized spacial score (nSPS) is 13.1. The molecule has 0 aliphatic rings. The van der Waals surface area contributed by atoms with E-state index in [-0.39, 0.29) is 11.3 Å². The summed E-state index contributed by atoms with van der Waals surface area (Å²) in [5.74, 6) is 1.19. The third kappa shape index (κ3) is 4.20. The highest BCUT2D eigenvalue weighted by atomic mass is 32.1. The molecule has 112 valence electrons. The summed E-state index contributed by atoms with van der Waals surface area (Å²) >= 11 is 5.10. The predicted molar refractivity (Wildman–Crippen MR) is 90.7 cm³/mol. The number of ether oxygens (including phenoxy) is 1. The van der Waals surface area contributed by atoms with E-state index >= 15 is 0 Å². The van der Waals surface area contributed by atoms with E-state index in [9.17, 15) is 0 Å². The lowest BCUT2D eigenvalue weighted by molar-refractivity contribution is 0.325. The van der Waals surface area contributed by atoms with Gasteiger partial charge in [-0.1, -0.05) is 57.6 Å². The number of thiocarbonyl (C=S) groups is 1. The maximum atomic E-state index is 5.95. The van der Waals surface area contributed by atoms with E-state index < -0.39 is 0 Å². The molecule has 20 heavy (non-hydrogen) atoms. The zero-order chi connectivity index (χ0) is 15.5. The minimum atomic E-state index is 0.0533. The molecule has 1 unspecified atom stereocenters. The third-order valence-electron chi connectivity index (χ3n) is 3.42. The van der Waals surface area contributed by atoms with Gasteiger partial charge >= 0.3 is 0 Å². The van der Waals surface area contributed by atoms with Gasteiger partial charge in [0.2, 0.25) is 0 Å². The summed E-state index contributed by atoms with van der Waals surface area (Å²) in [6, 6.07) is 4.41. The quantitative estimate of drug-likeness (QED) is 0.828.